The third-order valence-electron chi connectivity index (χ3n) is 3.81. The Morgan fingerprint density at radius 3 is 2.46 bits per heavy atom. The van der Waals surface area contributed by atoms with Crippen molar-refractivity contribution >= 4 is 34.8 Å². The van der Waals surface area contributed by atoms with E-state index < -0.39 is 22.5 Å². The van der Waals surface area contributed by atoms with Crippen LogP contribution in [0.25, 0.3) is 0 Å². The van der Waals surface area contributed by atoms with Crippen molar-refractivity contribution in [1.29, 1.82) is 0 Å². The number of carbonyl (C=O) groups is 1. The van der Waals surface area contributed by atoms with Crippen LogP contribution in [0.1, 0.15) is 16.7 Å². The van der Waals surface area contributed by atoms with E-state index in [1.807, 2.05) is 0 Å². The van der Waals surface area contributed by atoms with Crippen molar-refractivity contribution in [2.45, 2.75) is 11.1 Å². The molecule has 3 rings (SSSR count). The van der Waals surface area contributed by atoms with Gasteiger partial charge in [0.05, 0.1) is 12.7 Å². The maximum atomic E-state index is 12.9. The van der Waals surface area contributed by atoms with Gasteiger partial charge >= 0.3 is 6.18 Å². The maximum Gasteiger partial charge on any atom is 0.416 e. The van der Waals surface area contributed by atoms with E-state index in [-0.39, 0.29) is 16.8 Å². The molecule has 24 heavy (non-hydrogen) atoms. The van der Waals surface area contributed by atoms with Crippen molar-refractivity contribution in [2.75, 3.05) is 12.4 Å². The molecule has 2 aromatic carbocycles. The lowest BCUT2D eigenvalue weighted by Crippen LogP contribution is -2.30. The van der Waals surface area contributed by atoms with Gasteiger partial charge in [0.25, 0.3) is 5.91 Å². The number of amides is 1. The van der Waals surface area contributed by atoms with Crippen LogP contribution in [0.5, 0.6) is 5.75 Å². The normalized spacial score (nSPS) is 19.8. The molecule has 0 saturated heterocycles. The van der Waals surface area contributed by atoms with Crippen LogP contribution in [0.4, 0.5) is 18.9 Å². The number of benzene rings is 2. The van der Waals surface area contributed by atoms with E-state index in [1.54, 1.807) is 6.07 Å². The van der Waals surface area contributed by atoms with Gasteiger partial charge in [-0.1, -0.05) is 29.3 Å². The Hall–Kier alpha value is -1.92. The number of hydrogen-bond donors (Lipinski definition) is 1. The lowest BCUT2D eigenvalue weighted by atomic mass is 9.90. The van der Waals surface area contributed by atoms with E-state index in [0.29, 0.717) is 10.8 Å². The summed E-state index contributed by atoms with van der Waals surface area (Å²) in [5.41, 5.74) is -0.398. The third kappa shape index (κ3) is 2.50. The van der Waals surface area contributed by atoms with Crippen molar-refractivity contribution in [1.82, 2.24) is 0 Å². The number of anilines is 1. The fourth-order valence-corrected chi connectivity index (χ4v) is 3.20. The molecule has 126 valence electrons. The Bertz CT molecular complexity index is 839. The molecule has 0 spiro atoms. The first-order chi connectivity index (χ1) is 11.2. The van der Waals surface area contributed by atoms with Crippen LogP contribution in [0, 0.1) is 0 Å². The minimum Gasteiger partial charge on any atom is -0.496 e. The zero-order chi connectivity index (χ0) is 17.7. The number of ether oxygens (including phenoxy) is 1. The van der Waals surface area contributed by atoms with Crippen molar-refractivity contribution in [2.24, 2.45) is 0 Å². The smallest absolute Gasteiger partial charge is 0.416 e. The largest absolute Gasteiger partial charge is 0.496 e. The summed E-state index contributed by atoms with van der Waals surface area (Å²) in [6.45, 7) is 0. The van der Waals surface area contributed by atoms with E-state index in [9.17, 15) is 18.0 Å². The highest BCUT2D eigenvalue weighted by Crippen LogP contribution is 2.50. The van der Waals surface area contributed by atoms with Gasteiger partial charge < -0.3 is 10.1 Å². The predicted octanol–water partition coefficient (Wildman–Crippen LogP) is 4.80. The van der Waals surface area contributed by atoms with Crippen LogP contribution < -0.4 is 10.1 Å². The molecule has 0 radical (unpaired) electrons. The Morgan fingerprint density at radius 2 is 1.83 bits per heavy atom. The van der Waals surface area contributed by atoms with Crippen LogP contribution in [-0.4, -0.2) is 13.0 Å². The summed E-state index contributed by atoms with van der Waals surface area (Å²) in [5.74, 6) is -0.364. The molecule has 3 nitrogen and oxygen atoms in total. The molecular weight excluding hydrogens is 366 g/mol. The maximum absolute atomic E-state index is 12.9. The molecule has 0 fully saturated rings. The standard InChI is InChI=1S/C16H10Cl2F3NO2/c1-24-13-5-3-9(17)7-11(13)15(18)10-4-2-8(16(19,20)21)6-12(10)22-14(15)23/h2-7H,1H3,(H,22,23)/t15-/m0/s1. The van der Waals surface area contributed by atoms with Crippen molar-refractivity contribution in [3.63, 3.8) is 0 Å². The van der Waals surface area contributed by atoms with E-state index >= 15 is 0 Å². The minimum atomic E-state index is -4.52. The van der Waals surface area contributed by atoms with Gasteiger partial charge in [0, 0.05) is 21.8 Å². The van der Waals surface area contributed by atoms with E-state index in [0.717, 1.165) is 12.1 Å². The Morgan fingerprint density at radius 1 is 1.12 bits per heavy atom. The van der Waals surface area contributed by atoms with E-state index in [2.05, 4.69) is 5.32 Å². The number of alkyl halides is 4. The summed E-state index contributed by atoms with van der Waals surface area (Å²) in [4.78, 5) is 10.7. The molecule has 1 N–H and O–H groups in total. The van der Waals surface area contributed by atoms with Gasteiger partial charge in [-0.15, -0.1) is 0 Å². The van der Waals surface area contributed by atoms with Crippen LogP contribution in [0.3, 0.4) is 0 Å². The molecule has 2 aromatic rings. The highest BCUT2D eigenvalue weighted by Gasteiger charge is 2.49. The summed E-state index contributed by atoms with van der Waals surface area (Å²) < 4.78 is 43.8. The van der Waals surface area contributed by atoms with Crippen molar-refractivity contribution < 1.29 is 22.7 Å². The quantitative estimate of drug-likeness (QED) is 0.765. The summed E-state index contributed by atoms with van der Waals surface area (Å²) in [6.07, 6.45) is -4.52. The van der Waals surface area contributed by atoms with Gasteiger partial charge in [0.15, 0.2) is 4.87 Å². The molecule has 0 bridgehead atoms. The third-order valence-corrected chi connectivity index (χ3v) is 4.63. The molecule has 8 heteroatoms. The molecule has 0 aliphatic carbocycles. The average Bonchev–Trinajstić information content (AvgIpc) is 2.78. The fraction of sp³-hybridized carbons (Fsp3) is 0.188. The lowest BCUT2D eigenvalue weighted by molar-refractivity contribution is -0.137. The summed E-state index contributed by atoms with van der Waals surface area (Å²) in [7, 11) is 1.40. The highest BCUT2D eigenvalue weighted by molar-refractivity contribution is 6.41. The van der Waals surface area contributed by atoms with Gasteiger partial charge in [-0.05, 0) is 30.3 Å². The van der Waals surface area contributed by atoms with Crippen LogP contribution >= 0.6 is 23.2 Å². The monoisotopic (exact) mass is 375 g/mol. The second-order valence-electron chi connectivity index (χ2n) is 5.22. The first kappa shape index (κ1) is 16.9. The molecule has 1 aliphatic rings. The van der Waals surface area contributed by atoms with Gasteiger partial charge in [0.1, 0.15) is 5.75 Å². The van der Waals surface area contributed by atoms with Gasteiger partial charge in [-0.2, -0.15) is 13.2 Å². The number of rotatable bonds is 2. The topological polar surface area (TPSA) is 38.3 Å². The van der Waals surface area contributed by atoms with Gasteiger partial charge in [-0.3, -0.25) is 4.79 Å². The number of hydrogen-bond acceptors (Lipinski definition) is 2. The van der Waals surface area contributed by atoms with E-state index in [4.69, 9.17) is 27.9 Å². The van der Waals surface area contributed by atoms with Crippen LogP contribution in [-0.2, 0) is 15.8 Å². The lowest BCUT2D eigenvalue weighted by Gasteiger charge is -2.23. The number of carbonyl (C=O) groups excluding carboxylic acids is 1. The average molecular weight is 376 g/mol. The first-order valence-corrected chi connectivity index (χ1v) is 7.49. The fourth-order valence-electron chi connectivity index (χ4n) is 2.67. The molecule has 0 unspecified atom stereocenters. The molecular formula is C16H10Cl2F3NO2. The Labute approximate surface area is 145 Å². The zero-order valence-corrected chi connectivity index (χ0v) is 13.7. The van der Waals surface area contributed by atoms with Crippen molar-refractivity contribution in [3.8, 4) is 5.75 Å². The summed E-state index contributed by atoms with van der Waals surface area (Å²) >= 11 is 12.5. The van der Waals surface area contributed by atoms with Crippen molar-refractivity contribution in [3.05, 3.63) is 58.1 Å². The van der Waals surface area contributed by atoms with Crippen LogP contribution in [0.15, 0.2) is 36.4 Å². The highest BCUT2D eigenvalue weighted by atomic mass is 35.5. The minimum absolute atomic E-state index is 0.00635. The molecule has 1 heterocycles. The number of nitrogens with one attached hydrogen (secondary N) is 1. The SMILES string of the molecule is COc1ccc(Cl)cc1[C@]1(Cl)C(=O)Nc2cc(C(F)(F)F)ccc21. The predicted molar refractivity (Wildman–Crippen MR) is 84.7 cm³/mol. The van der Waals surface area contributed by atoms with Gasteiger partial charge in [0.2, 0.25) is 0 Å². The molecule has 0 saturated carbocycles. The van der Waals surface area contributed by atoms with Crippen LogP contribution in [0.2, 0.25) is 5.02 Å². The number of halogens is 5. The second kappa shape index (κ2) is 5.57. The first-order valence-electron chi connectivity index (χ1n) is 6.74. The number of methoxy groups -OCH3 is 1. The van der Waals surface area contributed by atoms with Gasteiger partial charge in [-0.25, -0.2) is 0 Å². The number of fused-ring (bicyclic) bond motifs is 1. The summed E-state index contributed by atoms with van der Waals surface area (Å²) in [5, 5.41) is 2.72. The zero-order valence-electron chi connectivity index (χ0n) is 12.2. The summed E-state index contributed by atoms with van der Waals surface area (Å²) in [6, 6.07) is 7.48. The molecule has 0 aromatic heterocycles. The Balaban J connectivity index is 2.21. The second-order valence-corrected chi connectivity index (χ2v) is 6.22. The molecule has 1 aliphatic heterocycles. The Kier molecular flexibility index (Phi) is 3.92. The molecule has 1 atom stereocenters. The van der Waals surface area contributed by atoms with E-state index in [1.165, 1.54) is 25.3 Å². The molecule has 1 amide bonds.